The molecule has 0 spiro atoms. The number of amides is 2. The van der Waals surface area contributed by atoms with E-state index in [0.717, 1.165) is 6.42 Å². The summed E-state index contributed by atoms with van der Waals surface area (Å²) in [6.45, 7) is 10.2. The molecule has 2 rings (SSSR count). The number of hydrogen-bond acceptors (Lipinski definition) is 5. The highest BCUT2D eigenvalue weighted by Gasteiger charge is 2.32. The van der Waals surface area contributed by atoms with Gasteiger partial charge in [0.2, 0.25) is 0 Å². The van der Waals surface area contributed by atoms with Crippen molar-refractivity contribution in [2.45, 2.75) is 33.3 Å². The van der Waals surface area contributed by atoms with Crippen LogP contribution in [-0.2, 0) is 9.59 Å². The van der Waals surface area contributed by atoms with Crippen LogP contribution in [0.25, 0.3) is 6.08 Å². The molecule has 1 saturated heterocycles. The molecule has 1 heterocycles. The molecule has 28 heavy (non-hydrogen) atoms. The number of nitrogens with one attached hydrogen (secondary N) is 1. The van der Waals surface area contributed by atoms with E-state index in [0.29, 0.717) is 28.1 Å². The van der Waals surface area contributed by atoms with Crippen molar-refractivity contribution in [1.82, 2.24) is 10.2 Å². The second-order valence-electron chi connectivity index (χ2n) is 6.12. The smallest absolute Gasteiger partial charge is 0.265 e. The van der Waals surface area contributed by atoms with Gasteiger partial charge in [0.1, 0.15) is 5.57 Å². The maximum absolute atomic E-state index is 12.7. The Bertz CT molecular complexity index is 838. The van der Waals surface area contributed by atoms with Crippen molar-refractivity contribution in [1.29, 1.82) is 0 Å². The molecule has 6 nitrogen and oxygen atoms in total. The van der Waals surface area contributed by atoms with Crippen molar-refractivity contribution in [2.75, 3.05) is 13.2 Å². The maximum Gasteiger partial charge on any atom is 0.265 e. The number of rotatable bonds is 8. The molecule has 1 aliphatic heterocycles. The SMILES string of the molecule is C=CCN1C(=O)/C(=C/c2cc(Br)c(O[C@@H](C)CC)c(OCC)c2)C(=O)NC1=S. The minimum atomic E-state index is -0.538. The summed E-state index contributed by atoms with van der Waals surface area (Å²) in [5.74, 6) is 0.116. The number of nitrogens with zero attached hydrogens (tertiary/aromatic N) is 1. The van der Waals surface area contributed by atoms with Gasteiger partial charge in [0.25, 0.3) is 11.8 Å². The molecule has 1 aromatic rings. The highest BCUT2D eigenvalue weighted by Crippen LogP contribution is 2.38. The van der Waals surface area contributed by atoms with Gasteiger partial charge in [-0.25, -0.2) is 0 Å². The lowest BCUT2D eigenvalue weighted by Crippen LogP contribution is -2.53. The summed E-state index contributed by atoms with van der Waals surface area (Å²) < 4.78 is 12.3. The molecule has 8 heteroatoms. The summed E-state index contributed by atoms with van der Waals surface area (Å²) >= 11 is 8.57. The number of carbonyl (C=O) groups is 2. The molecule has 1 atom stereocenters. The van der Waals surface area contributed by atoms with Gasteiger partial charge in [-0.05, 0) is 72.2 Å². The van der Waals surface area contributed by atoms with Crippen LogP contribution < -0.4 is 14.8 Å². The topological polar surface area (TPSA) is 67.9 Å². The van der Waals surface area contributed by atoms with E-state index in [2.05, 4.69) is 27.8 Å². The molecule has 0 aliphatic carbocycles. The fraction of sp³-hybridized carbons (Fsp3) is 0.350. The molecule has 1 aromatic carbocycles. The van der Waals surface area contributed by atoms with E-state index in [1.165, 1.54) is 11.0 Å². The summed E-state index contributed by atoms with van der Waals surface area (Å²) in [6.07, 6.45) is 3.91. The molecular formula is C20H23BrN2O4S. The third kappa shape index (κ3) is 4.99. The largest absolute Gasteiger partial charge is 0.490 e. The van der Waals surface area contributed by atoms with Crippen LogP contribution in [0.1, 0.15) is 32.8 Å². The minimum absolute atomic E-state index is 0.0129. The van der Waals surface area contributed by atoms with Crippen LogP contribution in [0.5, 0.6) is 11.5 Å². The minimum Gasteiger partial charge on any atom is -0.490 e. The monoisotopic (exact) mass is 466 g/mol. The zero-order chi connectivity index (χ0) is 20.8. The number of carbonyl (C=O) groups excluding carboxylic acids is 2. The van der Waals surface area contributed by atoms with Gasteiger partial charge in [-0.1, -0.05) is 13.0 Å². The van der Waals surface area contributed by atoms with Gasteiger partial charge >= 0.3 is 0 Å². The Morgan fingerprint density at radius 2 is 2.07 bits per heavy atom. The van der Waals surface area contributed by atoms with E-state index < -0.39 is 11.8 Å². The molecular weight excluding hydrogens is 444 g/mol. The van der Waals surface area contributed by atoms with Crippen LogP contribution in [0.4, 0.5) is 0 Å². The second kappa shape index (κ2) is 9.84. The standard InChI is InChI=1S/C20H23BrN2O4S/c1-5-8-23-19(25)14(18(24)22-20(23)28)9-13-10-15(21)17(27-12(4)6-2)16(11-13)26-7-3/h5,9-12H,1,6-8H2,2-4H3,(H,22,24,28)/b14-9+/t12-/m0/s1. The lowest BCUT2D eigenvalue weighted by molar-refractivity contribution is -0.128. The molecule has 0 unspecified atom stereocenters. The normalized spacial score (nSPS) is 16.8. The van der Waals surface area contributed by atoms with E-state index >= 15 is 0 Å². The van der Waals surface area contributed by atoms with Crippen LogP contribution in [0.2, 0.25) is 0 Å². The Morgan fingerprint density at radius 1 is 1.36 bits per heavy atom. The van der Waals surface area contributed by atoms with Crippen LogP contribution >= 0.6 is 28.1 Å². The van der Waals surface area contributed by atoms with Crippen molar-refractivity contribution < 1.29 is 19.1 Å². The van der Waals surface area contributed by atoms with E-state index in [4.69, 9.17) is 21.7 Å². The van der Waals surface area contributed by atoms with Gasteiger partial charge in [0, 0.05) is 6.54 Å². The maximum atomic E-state index is 12.7. The highest BCUT2D eigenvalue weighted by molar-refractivity contribution is 9.10. The number of ether oxygens (including phenoxy) is 2. The van der Waals surface area contributed by atoms with E-state index in [-0.39, 0.29) is 23.3 Å². The third-order valence-electron chi connectivity index (χ3n) is 4.03. The third-order valence-corrected chi connectivity index (χ3v) is 4.95. The van der Waals surface area contributed by atoms with Gasteiger partial charge in [-0.3, -0.25) is 19.8 Å². The Hall–Kier alpha value is -2.19. The molecule has 1 aliphatic rings. The number of halogens is 1. The molecule has 1 fully saturated rings. The Balaban J connectivity index is 2.46. The molecule has 0 saturated carbocycles. The first kappa shape index (κ1) is 22.1. The van der Waals surface area contributed by atoms with Gasteiger partial charge in [0.15, 0.2) is 16.6 Å². The number of thiocarbonyl (C=S) groups is 1. The summed E-state index contributed by atoms with van der Waals surface area (Å²) in [5, 5.41) is 2.60. The van der Waals surface area contributed by atoms with E-state index in [1.54, 1.807) is 18.2 Å². The first-order valence-corrected chi connectivity index (χ1v) is 10.1. The molecule has 0 aromatic heterocycles. The number of hydrogen-bond donors (Lipinski definition) is 1. The van der Waals surface area contributed by atoms with Crippen molar-refractivity contribution in [2.24, 2.45) is 0 Å². The van der Waals surface area contributed by atoms with E-state index in [9.17, 15) is 9.59 Å². The lowest BCUT2D eigenvalue weighted by Gasteiger charge is -2.27. The summed E-state index contributed by atoms with van der Waals surface area (Å²) in [5.41, 5.74) is 0.608. The van der Waals surface area contributed by atoms with Crippen molar-refractivity contribution in [3.05, 3.63) is 40.4 Å². The van der Waals surface area contributed by atoms with Gasteiger partial charge in [-0.15, -0.1) is 6.58 Å². The van der Waals surface area contributed by atoms with Gasteiger partial charge in [0.05, 0.1) is 17.2 Å². The predicted octanol–water partition coefficient (Wildman–Crippen LogP) is 3.84. The fourth-order valence-corrected chi connectivity index (χ4v) is 3.29. The molecule has 150 valence electrons. The average Bonchev–Trinajstić information content (AvgIpc) is 2.65. The molecule has 0 radical (unpaired) electrons. The van der Waals surface area contributed by atoms with Gasteiger partial charge in [-0.2, -0.15) is 0 Å². The summed E-state index contributed by atoms with van der Waals surface area (Å²) in [7, 11) is 0. The predicted molar refractivity (Wildman–Crippen MR) is 116 cm³/mol. The first-order valence-electron chi connectivity index (χ1n) is 8.95. The van der Waals surface area contributed by atoms with Crippen molar-refractivity contribution in [3.63, 3.8) is 0 Å². The van der Waals surface area contributed by atoms with E-state index in [1.807, 2.05) is 20.8 Å². The average molecular weight is 467 g/mol. The summed E-state index contributed by atoms with van der Waals surface area (Å²) in [4.78, 5) is 26.3. The highest BCUT2D eigenvalue weighted by atomic mass is 79.9. The Morgan fingerprint density at radius 3 is 2.68 bits per heavy atom. The first-order chi connectivity index (χ1) is 13.3. The van der Waals surface area contributed by atoms with Crippen LogP contribution in [0.15, 0.2) is 34.8 Å². The Kier molecular flexibility index (Phi) is 7.77. The lowest BCUT2D eigenvalue weighted by atomic mass is 10.1. The Labute approximate surface area is 178 Å². The second-order valence-corrected chi connectivity index (χ2v) is 7.36. The summed E-state index contributed by atoms with van der Waals surface area (Å²) in [6, 6.07) is 3.52. The fourth-order valence-electron chi connectivity index (χ4n) is 2.49. The molecule has 2 amide bonds. The quantitative estimate of drug-likeness (QED) is 0.272. The van der Waals surface area contributed by atoms with Crippen LogP contribution in [0, 0.1) is 0 Å². The zero-order valence-electron chi connectivity index (χ0n) is 16.1. The van der Waals surface area contributed by atoms with Crippen LogP contribution in [0.3, 0.4) is 0 Å². The van der Waals surface area contributed by atoms with Gasteiger partial charge < -0.3 is 9.47 Å². The zero-order valence-corrected chi connectivity index (χ0v) is 18.5. The van der Waals surface area contributed by atoms with Crippen LogP contribution in [-0.4, -0.2) is 41.1 Å². The number of benzene rings is 1. The molecule has 0 bridgehead atoms. The van der Waals surface area contributed by atoms with Crippen molar-refractivity contribution in [3.8, 4) is 11.5 Å². The van der Waals surface area contributed by atoms with Crippen molar-refractivity contribution >= 4 is 51.2 Å². The molecule has 1 N–H and O–H groups in total.